The molecule has 2 rings (SSSR count). The summed E-state index contributed by atoms with van der Waals surface area (Å²) < 4.78 is 1.47. The smallest absolute Gasteiger partial charge is 0.345 e. The van der Waals surface area contributed by atoms with E-state index in [4.69, 9.17) is 5.11 Å². The molecule has 0 aliphatic heterocycles. The number of hydrogen-bond acceptors (Lipinski definition) is 5. The van der Waals surface area contributed by atoms with Crippen LogP contribution in [0.4, 0.5) is 5.69 Å². The Kier molecular flexibility index (Phi) is 3.43. The number of nitrogens with zero attached hydrogens (tertiary/aromatic N) is 2. The molecule has 2 aromatic heterocycles. The highest BCUT2D eigenvalue weighted by molar-refractivity contribution is 7.13. The first-order valence-corrected chi connectivity index (χ1v) is 5.95. The Balaban J connectivity index is 2.28. The summed E-state index contributed by atoms with van der Waals surface area (Å²) in [6.07, 6.45) is 2.57. The normalized spacial score (nSPS) is 10.3. The third-order valence-corrected chi connectivity index (χ3v) is 3.42. The second-order valence-electron chi connectivity index (χ2n) is 3.69. The van der Waals surface area contributed by atoms with Gasteiger partial charge in [0.25, 0.3) is 5.43 Å². The van der Waals surface area contributed by atoms with Crippen LogP contribution in [0, 0.1) is 10.1 Å². The van der Waals surface area contributed by atoms with Crippen molar-refractivity contribution >= 4 is 23.0 Å². The molecule has 19 heavy (non-hydrogen) atoms. The molecule has 0 atom stereocenters. The lowest BCUT2D eigenvalue weighted by molar-refractivity contribution is -0.386. The number of carbonyl (C=O) groups is 1. The minimum atomic E-state index is -1.01. The van der Waals surface area contributed by atoms with Crippen molar-refractivity contribution in [3.8, 4) is 0 Å². The van der Waals surface area contributed by atoms with Crippen LogP contribution in [0.2, 0.25) is 0 Å². The van der Waals surface area contributed by atoms with Crippen LogP contribution in [-0.2, 0) is 6.54 Å². The van der Waals surface area contributed by atoms with Crippen molar-refractivity contribution in [1.29, 1.82) is 0 Å². The summed E-state index contributed by atoms with van der Waals surface area (Å²) in [5.41, 5.74) is -1.16. The van der Waals surface area contributed by atoms with Gasteiger partial charge in [-0.3, -0.25) is 14.9 Å². The zero-order valence-electron chi connectivity index (χ0n) is 9.48. The Hall–Kier alpha value is -2.48. The van der Waals surface area contributed by atoms with Gasteiger partial charge in [-0.2, -0.15) is 0 Å². The number of aromatic nitrogens is 1. The lowest BCUT2D eigenvalue weighted by Gasteiger charge is -2.03. The summed E-state index contributed by atoms with van der Waals surface area (Å²) in [7, 11) is 0. The van der Waals surface area contributed by atoms with Crippen LogP contribution in [0.25, 0.3) is 0 Å². The van der Waals surface area contributed by atoms with Gasteiger partial charge in [-0.05, 0) is 12.1 Å². The highest BCUT2D eigenvalue weighted by Crippen LogP contribution is 2.18. The van der Waals surface area contributed by atoms with E-state index in [-0.39, 0.29) is 11.4 Å². The Bertz CT molecular complexity index is 703. The van der Waals surface area contributed by atoms with Gasteiger partial charge >= 0.3 is 11.7 Å². The molecule has 0 fully saturated rings. The molecule has 98 valence electrons. The van der Waals surface area contributed by atoms with Crippen LogP contribution in [0.15, 0.2) is 35.4 Å². The second-order valence-corrected chi connectivity index (χ2v) is 4.86. The maximum Gasteiger partial charge on any atom is 0.345 e. The minimum absolute atomic E-state index is 0.200. The number of nitro groups is 1. The molecular weight excluding hydrogens is 272 g/mol. The number of hydrogen-bond donors (Lipinski definition) is 1. The molecule has 0 amide bonds. The quantitative estimate of drug-likeness (QED) is 0.676. The number of carboxylic acid groups (broad SMARTS) is 1. The molecular formula is C11H8N2O5S. The largest absolute Gasteiger partial charge is 0.477 e. The first-order chi connectivity index (χ1) is 8.97. The van der Waals surface area contributed by atoms with Gasteiger partial charge in [-0.15, -0.1) is 11.3 Å². The van der Waals surface area contributed by atoms with Gasteiger partial charge in [0.2, 0.25) is 0 Å². The van der Waals surface area contributed by atoms with Crippen molar-refractivity contribution in [3.05, 3.63) is 60.7 Å². The van der Waals surface area contributed by atoms with E-state index in [2.05, 4.69) is 0 Å². The molecule has 0 saturated carbocycles. The van der Waals surface area contributed by atoms with E-state index in [1.807, 2.05) is 0 Å². The van der Waals surface area contributed by atoms with Crippen LogP contribution in [0.3, 0.4) is 0 Å². The third kappa shape index (κ3) is 2.86. The predicted molar refractivity (Wildman–Crippen MR) is 67.7 cm³/mol. The van der Waals surface area contributed by atoms with E-state index in [0.717, 1.165) is 28.5 Å². The van der Waals surface area contributed by atoms with Gasteiger partial charge in [0.05, 0.1) is 17.7 Å². The molecule has 2 heterocycles. The Morgan fingerprint density at radius 2 is 2.16 bits per heavy atom. The molecule has 0 saturated heterocycles. The molecule has 0 aliphatic carbocycles. The fourth-order valence-corrected chi connectivity index (χ4v) is 2.36. The van der Waals surface area contributed by atoms with Crippen molar-refractivity contribution in [1.82, 2.24) is 4.57 Å². The fourth-order valence-electron chi connectivity index (χ4n) is 1.51. The Labute approximate surface area is 110 Å². The lowest BCUT2D eigenvalue weighted by atomic mass is 10.3. The minimum Gasteiger partial charge on any atom is -0.477 e. The van der Waals surface area contributed by atoms with Crippen molar-refractivity contribution in [2.24, 2.45) is 0 Å². The highest BCUT2D eigenvalue weighted by atomic mass is 32.1. The van der Waals surface area contributed by atoms with Crippen molar-refractivity contribution in [2.45, 2.75) is 6.54 Å². The number of aromatic carboxylic acids is 1. The zero-order chi connectivity index (χ0) is 14.0. The standard InChI is InChI=1S/C11H8N2O5S/c14-9-3-4-12(6-8(9)13(17)18)5-7-1-2-10(19-7)11(15)16/h1-4,6H,5H2,(H,15,16). The Morgan fingerprint density at radius 3 is 2.74 bits per heavy atom. The molecule has 0 spiro atoms. The number of carboxylic acids is 1. The lowest BCUT2D eigenvalue weighted by Crippen LogP contribution is -2.11. The Morgan fingerprint density at radius 1 is 1.42 bits per heavy atom. The van der Waals surface area contributed by atoms with Gasteiger partial charge in [0.1, 0.15) is 4.88 Å². The van der Waals surface area contributed by atoms with Crippen molar-refractivity contribution < 1.29 is 14.8 Å². The summed E-state index contributed by atoms with van der Waals surface area (Å²) in [6, 6.07) is 4.22. The van der Waals surface area contributed by atoms with Crippen LogP contribution in [0.1, 0.15) is 14.5 Å². The summed E-state index contributed by atoms with van der Waals surface area (Å²) in [5.74, 6) is -1.01. The molecule has 1 N–H and O–H groups in total. The van der Waals surface area contributed by atoms with Crippen LogP contribution < -0.4 is 5.43 Å². The van der Waals surface area contributed by atoms with E-state index in [1.54, 1.807) is 6.07 Å². The average molecular weight is 280 g/mol. The van der Waals surface area contributed by atoms with Crippen LogP contribution >= 0.6 is 11.3 Å². The van der Waals surface area contributed by atoms with E-state index in [0.29, 0.717) is 0 Å². The fraction of sp³-hybridized carbons (Fsp3) is 0.0909. The highest BCUT2D eigenvalue weighted by Gasteiger charge is 2.12. The van der Waals surface area contributed by atoms with Gasteiger partial charge in [0.15, 0.2) is 0 Å². The summed E-state index contributed by atoms with van der Waals surface area (Å²) >= 11 is 1.09. The summed E-state index contributed by atoms with van der Waals surface area (Å²) in [6.45, 7) is 0.277. The molecule has 0 bridgehead atoms. The maximum absolute atomic E-state index is 11.2. The average Bonchev–Trinajstić information content (AvgIpc) is 2.80. The SMILES string of the molecule is O=C(O)c1ccc(Cn2ccc(=O)c([N+](=O)[O-])c2)s1. The van der Waals surface area contributed by atoms with E-state index in [1.165, 1.54) is 16.8 Å². The molecule has 7 nitrogen and oxygen atoms in total. The van der Waals surface area contributed by atoms with Crippen molar-refractivity contribution in [3.63, 3.8) is 0 Å². The van der Waals surface area contributed by atoms with Gasteiger partial charge in [-0.1, -0.05) is 0 Å². The van der Waals surface area contributed by atoms with E-state index >= 15 is 0 Å². The number of pyridine rings is 1. The molecule has 8 heteroatoms. The first-order valence-electron chi connectivity index (χ1n) is 5.14. The second kappa shape index (κ2) is 5.02. The van der Waals surface area contributed by atoms with E-state index < -0.39 is 22.0 Å². The monoisotopic (exact) mass is 280 g/mol. The van der Waals surface area contributed by atoms with Gasteiger partial charge < -0.3 is 9.67 Å². The predicted octanol–water partition coefficient (Wildman–Crippen LogP) is 1.56. The molecule has 0 unspecified atom stereocenters. The first kappa shape index (κ1) is 13.0. The molecule has 0 radical (unpaired) electrons. The van der Waals surface area contributed by atoms with Gasteiger partial charge in [0, 0.05) is 17.1 Å². The van der Waals surface area contributed by atoms with E-state index in [9.17, 15) is 19.7 Å². The topological polar surface area (TPSA) is 102 Å². The molecule has 2 aromatic rings. The maximum atomic E-state index is 11.2. The molecule has 0 aliphatic rings. The van der Waals surface area contributed by atoms with Gasteiger partial charge in [-0.25, -0.2) is 4.79 Å². The third-order valence-electron chi connectivity index (χ3n) is 2.37. The van der Waals surface area contributed by atoms with Crippen LogP contribution in [-0.4, -0.2) is 20.6 Å². The van der Waals surface area contributed by atoms with Crippen LogP contribution in [0.5, 0.6) is 0 Å². The molecule has 0 aromatic carbocycles. The summed E-state index contributed by atoms with van der Waals surface area (Å²) in [5, 5.41) is 19.4. The van der Waals surface area contributed by atoms with Crippen molar-refractivity contribution in [2.75, 3.05) is 0 Å². The zero-order valence-corrected chi connectivity index (χ0v) is 10.3. The summed E-state index contributed by atoms with van der Waals surface area (Å²) in [4.78, 5) is 32.8. The number of rotatable bonds is 4. The number of thiophene rings is 1.